The van der Waals surface area contributed by atoms with Gasteiger partial charge in [-0.15, -0.1) is 0 Å². The Morgan fingerprint density at radius 3 is 0.789 bits per heavy atom. The molecule has 147 heavy (non-hydrogen) atoms. The standard InChI is InChI=1S/C23H32F6O2.C19H24F6O3.C18H22F6O3.C18H22F6O2.C17H22F6O2.10CH4/c1-4-16(2)19-10-12-20(13-11-19)21(22(24,25)26,23(27,28)29)31-17(3)30-15-14-18-8-6-5-7-9-18;1-6-12(2)13-7-9-14(10-8-13)17(18(20,21)22,19(23,24)25)27-11-15(26)28-16(3,4)5;1-6-11(2)12-7-9-13(10-8-12)16(17(19,20)21,18(22,23)24)27-14(25)26-15(3,4)5;1-3-12(2)13-7-9-14(10-8-13)16(17(19,20)21,18(22,23)24)26-15-6-4-5-11-25-15;1-5-11(3)13-7-9-14(10-8-13)15(16(18,19)20,17(21,22)23)25-12(4)24-6-2;;;;;;;;;;/h10-13,16-18H,4-9,14-15H2,1-3H3;7-10,12H,6,11H2,1-5H3;7-11H,6H2,1-5H3;7-10,12,15H,3-6,11H2,1-2H3;7-12H,5-6H2,1-4H3;10*1H4. The highest BCUT2D eigenvalue weighted by molar-refractivity contribution is 5.71. The van der Waals surface area contributed by atoms with E-state index in [1.807, 2.05) is 55.4 Å². The Kier molecular flexibility index (Phi) is 65.2. The topological polar surface area (TPSA) is 126 Å². The highest BCUT2D eigenvalue weighted by Gasteiger charge is 2.79. The lowest BCUT2D eigenvalue weighted by Gasteiger charge is -2.40. The van der Waals surface area contributed by atoms with Crippen molar-refractivity contribution in [3.8, 4) is 0 Å². The maximum Gasteiger partial charge on any atom is 0.510 e. The van der Waals surface area contributed by atoms with Crippen molar-refractivity contribution in [3.05, 3.63) is 177 Å². The van der Waals surface area contributed by atoms with Crippen LogP contribution in [0.4, 0.5) is 137 Å². The Morgan fingerprint density at radius 1 is 0.306 bits per heavy atom. The van der Waals surface area contributed by atoms with Gasteiger partial charge in [-0.1, -0.05) is 297 Å². The van der Waals surface area contributed by atoms with Gasteiger partial charge in [0.15, 0.2) is 18.9 Å². The van der Waals surface area contributed by atoms with E-state index in [4.69, 9.17) is 23.7 Å². The molecule has 0 radical (unpaired) electrons. The maximum absolute atomic E-state index is 14.0. The van der Waals surface area contributed by atoms with Gasteiger partial charge in [-0.2, -0.15) is 132 Å². The summed E-state index contributed by atoms with van der Waals surface area (Å²) in [6.45, 7) is 28.7. The number of alkyl halides is 30. The van der Waals surface area contributed by atoms with Crippen LogP contribution in [0.5, 0.6) is 0 Å². The van der Waals surface area contributed by atoms with Gasteiger partial charge in [0.2, 0.25) is 0 Å². The minimum Gasteiger partial charge on any atom is -0.458 e. The Morgan fingerprint density at radius 2 is 0.551 bits per heavy atom. The largest absolute Gasteiger partial charge is 0.510 e. The van der Waals surface area contributed by atoms with Gasteiger partial charge in [0.25, 0.3) is 22.4 Å². The summed E-state index contributed by atoms with van der Waals surface area (Å²) in [5.41, 5.74) is -27.5. The fourth-order valence-corrected chi connectivity index (χ4v) is 14.5. The number of benzene rings is 5. The fraction of sp³-hybridized carbons (Fsp3) is 0.695. The molecule has 5 aromatic carbocycles. The summed E-state index contributed by atoms with van der Waals surface area (Å²) in [4.78, 5) is 23.4. The zero-order chi connectivity index (χ0) is 106. The molecule has 5 aromatic rings. The molecule has 8 atom stereocenters. The predicted molar refractivity (Wildman–Crippen MR) is 516 cm³/mol. The smallest absolute Gasteiger partial charge is 0.458 e. The Balaban J connectivity index is -0.000000270. The molecular formula is C105H162F30O12. The number of halogens is 30. The molecule has 0 N–H and O–H groups in total. The average Bonchev–Trinajstić information content (AvgIpc) is 0.771. The molecule has 2 aliphatic rings. The van der Waals surface area contributed by atoms with Crippen LogP contribution in [0.2, 0.25) is 0 Å². The van der Waals surface area contributed by atoms with Gasteiger partial charge >= 0.3 is 79.5 Å². The molecule has 0 bridgehead atoms. The Bertz CT molecular complexity index is 4290. The SMILES string of the molecule is C.C.C.C.C.C.C.C.C.C.CCC(C)c1ccc(C(OC(=O)OC(C)(C)C)(C(F)(F)F)C(F)(F)F)cc1.CCC(C)c1ccc(C(OC(C)OCCC2CCCCC2)(C(F)(F)F)C(F)(F)F)cc1.CCC(C)c1ccc(C(OC2CCCCO2)(C(F)(F)F)C(F)(F)F)cc1.CCC(C)c1ccc(C(OCC(=O)OC(C)(C)C)(C(F)(F)F)C(F)(F)F)cc1.CCOC(C)OC(c1ccc(C(C)CC)cc1)(C(F)(F)F)C(F)(F)F. The molecule has 0 spiro atoms. The third-order valence-corrected chi connectivity index (χ3v) is 23.1. The number of carbonyl (C=O) groups is 2. The number of hydrogen-bond donors (Lipinski definition) is 0. The van der Waals surface area contributed by atoms with E-state index in [0.29, 0.717) is 90.8 Å². The van der Waals surface area contributed by atoms with Crippen molar-refractivity contribution in [2.45, 2.75) is 445 Å². The molecule has 864 valence electrons. The average molecular weight is 2190 g/mol. The molecule has 8 unspecified atom stereocenters. The molecule has 1 aliphatic carbocycles. The van der Waals surface area contributed by atoms with E-state index >= 15 is 0 Å². The molecule has 7 rings (SSSR count). The quantitative estimate of drug-likeness (QED) is 0.0238. The summed E-state index contributed by atoms with van der Waals surface area (Å²) in [6.07, 6.45) is -54.4. The summed E-state index contributed by atoms with van der Waals surface area (Å²) in [5.74, 6) is -0.977. The molecule has 0 aromatic heterocycles. The van der Waals surface area contributed by atoms with Gasteiger partial charge in [0, 0.05) is 47.6 Å². The first-order valence-corrected chi connectivity index (χ1v) is 44.3. The van der Waals surface area contributed by atoms with Gasteiger partial charge in [-0.3, -0.25) is 0 Å². The van der Waals surface area contributed by atoms with Crippen molar-refractivity contribution in [2.24, 2.45) is 5.92 Å². The van der Waals surface area contributed by atoms with E-state index in [0.717, 1.165) is 113 Å². The molecule has 2 fully saturated rings. The van der Waals surface area contributed by atoms with E-state index < -0.39 is 166 Å². The monoisotopic (exact) mass is 2190 g/mol. The minimum atomic E-state index is -5.96. The molecule has 1 saturated heterocycles. The molecule has 1 saturated carbocycles. The summed E-state index contributed by atoms with van der Waals surface area (Å²) >= 11 is 0. The number of hydrogen-bond acceptors (Lipinski definition) is 12. The van der Waals surface area contributed by atoms with Crippen molar-refractivity contribution in [3.63, 3.8) is 0 Å². The second-order valence-corrected chi connectivity index (χ2v) is 35.4. The van der Waals surface area contributed by atoms with Crippen LogP contribution in [-0.2, 0) is 80.2 Å². The van der Waals surface area contributed by atoms with E-state index in [2.05, 4.69) is 23.7 Å². The minimum absolute atomic E-state index is 0. The molecular weight excluding hydrogens is 2020 g/mol. The zero-order valence-electron chi connectivity index (χ0n) is 79.2. The molecule has 1 heterocycles. The third kappa shape index (κ3) is 40.1. The lowest BCUT2D eigenvalue weighted by Crippen LogP contribution is -2.58. The van der Waals surface area contributed by atoms with Gasteiger partial charge in [-0.25, -0.2) is 9.59 Å². The number of esters is 1. The first-order chi connectivity index (χ1) is 62.4. The van der Waals surface area contributed by atoms with Crippen LogP contribution in [0, 0.1) is 5.92 Å². The Labute approximate surface area is 852 Å². The predicted octanol–water partition coefficient (Wildman–Crippen LogP) is 38.6. The highest BCUT2D eigenvalue weighted by Crippen LogP contribution is 2.60. The van der Waals surface area contributed by atoms with Gasteiger partial charge in [0.1, 0.15) is 17.8 Å². The molecule has 1 aliphatic heterocycles. The van der Waals surface area contributed by atoms with Crippen molar-refractivity contribution >= 4 is 12.1 Å². The van der Waals surface area contributed by atoms with Gasteiger partial charge in [-0.05, 0) is 183 Å². The van der Waals surface area contributed by atoms with Crippen LogP contribution >= 0.6 is 0 Å². The highest BCUT2D eigenvalue weighted by atomic mass is 19.5. The van der Waals surface area contributed by atoms with Crippen molar-refractivity contribution < 1.29 is 189 Å². The lowest BCUT2D eigenvalue weighted by molar-refractivity contribution is -0.419. The Hall–Kier alpha value is -7.54. The number of carbonyl (C=O) groups excluding carboxylic acids is 2. The van der Waals surface area contributed by atoms with Crippen molar-refractivity contribution in [1.29, 1.82) is 0 Å². The van der Waals surface area contributed by atoms with Crippen LogP contribution in [0.15, 0.2) is 121 Å². The van der Waals surface area contributed by atoms with E-state index in [1.54, 1.807) is 13.8 Å². The first-order valence-electron chi connectivity index (χ1n) is 44.3. The van der Waals surface area contributed by atoms with Crippen molar-refractivity contribution in [1.82, 2.24) is 0 Å². The zero-order valence-corrected chi connectivity index (χ0v) is 79.2. The lowest BCUT2D eigenvalue weighted by atomic mass is 9.87. The number of ether oxygens (including phenoxy) is 10. The van der Waals surface area contributed by atoms with Crippen LogP contribution < -0.4 is 0 Å². The third-order valence-electron chi connectivity index (χ3n) is 23.1. The molecule has 0 amide bonds. The summed E-state index contributed by atoms with van der Waals surface area (Å²) in [7, 11) is 0. The van der Waals surface area contributed by atoms with Crippen LogP contribution in [0.1, 0.15) is 381 Å². The first kappa shape index (κ1) is 155. The van der Waals surface area contributed by atoms with Crippen molar-refractivity contribution in [2.75, 3.05) is 26.4 Å². The second kappa shape index (κ2) is 62.0. The number of rotatable bonds is 31. The van der Waals surface area contributed by atoms with E-state index in [-0.39, 0.29) is 130 Å². The van der Waals surface area contributed by atoms with Gasteiger partial charge < -0.3 is 47.4 Å². The summed E-state index contributed by atoms with van der Waals surface area (Å²) in [6, 6.07) is 20.3. The molecule has 12 nitrogen and oxygen atoms in total. The second-order valence-electron chi connectivity index (χ2n) is 35.4. The fourth-order valence-electron chi connectivity index (χ4n) is 14.5. The van der Waals surface area contributed by atoms with Crippen LogP contribution in [0.3, 0.4) is 0 Å². The normalized spacial score (nSPS) is 15.8. The summed E-state index contributed by atoms with van der Waals surface area (Å²) < 4.78 is 458. The maximum atomic E-state index is 14.0. The molecule has 42 heteroatoms. The van der Waals surface area contributed by atoms with E-state index in [1.165, 1.54) is 97.0 Å². The van der Waals surface area contributed by atoms with E-state index in [9.17, 15) is 141 Å². The summed E-state index contributed by atoms with van der Waals surface area (Å²) in [5, 5.41) is 0. The van der Waals surface area contributed by atoms with Gasteiger partial charge in [0.05, 0.1) is 0 Å². The van der Waals surface area contributed by atoms with Crippen LogP contribution in [-0.4, -0.2) is 130 Å². The van der Waals surface area contributed by atoms with Crippen LogP contribution in [0.25, 0.3) is 0 Å².